The molecule has 2 aromatic heterocycles. The number of hydrogen-bond acceptors (Lipinski definition) is 6. The number of carbonyl (C=O) groups excluding carboxylic acids is 1. The number of rotatable bonds is 4. The molecule has 0 bridgehead atoms. The van der Waals surface area contributed by atoms with Gasteiger partial charge in [-0.05, 0) is 11.4 Å². The van der Waals surface area contributed by atoms with Gasteiger partial charge in [-0.2, -0.15) is 11.3 Å². The third kappa shape index (κ3) is 3.18. The van der Waals surface area contributed by atoms with E-state index in [1.54, 1.807) is 11.0 Å². The molecular weight excluding hydrogens is 326 g/mol. The van der Waals surface area contributed by atoms with Gasteiger partial charge in [0.2, 0.25) is 10.0 Å². The number of hydrogen-bond donors (Lipinski definition) is 1. The molecule has 1 N–H and O–H groups in total. The Labute approximate surface area is 131 Å². The SMILES string of the molecule is CS(=O)(=O)NCc1nnc2n1CCN(C(=O)c1ccsc1)C2. The molecule has 1 aliphatic heterocycles. The van der Waals surface area contributed by atoms with Gasteiger partial charge in [0.1, 0.15) is 5.82 Å². The Balaban J connectivity index is 1.72. The van der Waals surface area contributed by atoms with Gasteiger partial charge in [0.25, 0.3) is 5.91 Å². The molecule has 3 rings (SSSR count). The van der Waals surface area contributed by atoms with Crippen molar-refractivity contribution in [2.75, 3.05) is 12.8 Å². The van der Waals surface area contributed by atoms with Crippen LogP contribution in [0.5, 0.6) is 0 Å². The number of aromatic nitrogens is 3. The number of fused-ring (bicyclic) bond motifs is 1. The van der Waals surface area contributed by atoms with Gasteiger partial charge in [0, 0.05) is 18.5 Å². The summed E-state index contributed by atoms with van der Waals surface area (Å²) in [6.45, 7) is 1.58. The highest BCUT2D eigenvalue weighted by molar-refractivity contribution is 7.88. The maximum Gasteiger partial charge on any atom is 0.255 e. The molecule has 1 amide bonds. The summed E-state index contributed by atoms with van der Waals surface area (Å²) < 4.78 is 26.6. The van der Waals surface area contributed by atoms with E-state index in [1.807, 2.05) is 15.3 Å². The normalized spacial score (nSPS) is 14.9. The first-order chi connectivity index (χ1) is 10.4. The Morgan fingerprint density at radius 1 is 1.41 bits per heavy atom. The maximum atomic E-state index is 12.3. The first-order valence-electron chi connectivity index (χ1n) is 6.61. The van der Waals surface area contributed by atoms with Crippen molar-refractivity contribution >= 4 is 27.3 Å². The standard InChI is InChI=1S/C12H15N5O3S2/c1-22(19,20)13-6-10-14-15-11-7-16(3-4-17(10)11)12(18)9-2-5-21-8-9/h2,5,8,13H,3-4,6-7H2,1H3. The molecule has 1 aliphatic rings. The maximum absolute atomic E-state index is 12.3. The van der Waals surface area contributed by atoms with Gasteiger partial charge in [0.15, 0.2) is 5.82 Å². The number of nitrogens with zero attached hydrogens (tertiary/aromatic N) is 4. The monoisotopic (exact) mass is 341 g/mol. The van der Waals surface area contributed by atoms with E-state index in [1.165, 1.54) is 11.3 Å². The van der Waals surface area contributed by atoms with Crippen molar-refractivity contribution in [2.45, 2.75) is 19.6 Å². The van der Waals surface area contributed by atoms with E-state index in [0.29, 0.717) is 36.8 Å². The zero-order valence-corrected chi connectivity index (χ0v) is 13.5. The lowest BCUT2D eigenvalue weighted by Crippen LogP contribution is -2.39. The fourth-order valence-corrected chi connectivity index (χ4v) is 3.31. The van der Waals surface area contributed by atoms with Crippen molar-refractivity contribution in [1.29, 1.82) is 0 Å². The molecule has 3 heterocycles. The molecule has 0 saturated carbocycles. The van der Waals surface area contributed by atoms with Gasteiger partial charge in [-0.3, -0.25) is 4.79 Å². The minimum absolute atomic E-state index is 0.0219. The lowest BCUT2D eigenvalue weighted by atomic mass is 10.2. The molecule has 0 aliphatic carbocycles. The first-order valence-corrected chi connectivity index (χ1v) is 9.44. The van der Waals surface area contributed by atoms with Crippen LogP contribution in [0.1, 0.15) is 22.0 Å². The van der Waals surface area contributed by atoms with Crippen LogP contribution in [0.25, 0.3) is 0 Å². The molecule has 0 spiro atoms. The highest BCUT2D eigenvalue weighted by Crippen LogP contribution is 2.16. The van der Waals surface area contributed by atoms with Gasteiger partial charge < -0.3 is 9.47 Å². The Hall–Kier alpha value is -1.78. The summed E-state index contributed by atoms with van der Waals surface area (Å²) >= 11 is 1.48. The molecule has 0 fully saturated rings. The highest BCUT2D eigenvalue weighted by Gasteiger charge is 2.25. The zero-order chi connectivity index (χ0) is 15.7. The average molecular weight is 341 g/mol. The predicted molar refractivity (Wildman–Crippen MR) is 80.8 cm³/mol. The van der Waals surface area contributed by atoms with Crippen molar-refractivity contribution in [1.82, 2.24) is 24.4 Å². The van der Waals surface area contributed by atoms with Crippen molar-refractivity contribution in [2.24, 2.45) is 0 Å². The molecule has 10 heteroatoms. The minimum Gasteiger partial charge on any atom is -0.329 e. The first kappa shape index (κ1) is 15.1. The van der Waals surface area contributed by atoms with Crippen LogP contribution in [-0.4, -0.2) is 46.8 Å². The van der Waals surface area contributed by atoms with Crippen LogP contribution >= 0.6 is 11.3 Å². The molecule has 0 aromatic carbocycles. The topological polar surface area (TPSA) is 97.2 Å². The van der Waals surface area contributed by atoms with Gasteiger partial charge in [-0.1, -0.05) is 0 Å². The van der Waals surface area contributed by atoms with Crippen LogP contribution in [0.3, 0.4) is 0 Å². The largest absolute Gasteiger partial charge is 0.329 e. The van der Waals surface area contributed by atoms with E-state index >= 15 is 0 Å². The molecule has 0 saturated heterocycles. The second-order valence-electron chi connectivity index (χ2n) is 5.02. The fourth-order valence-electron chi connectivity index (χ4n) is 2.29. The van der Waals surface area contributed by atoms with Crippen LogP contribution in [-0.2, 0) is 29.7 Å². The van der Waals surface area contributed by atoms with Gasteiger partial charge in [-0.25, -0.2) is 13.1 Å². The highest BCUT2D eigenvalue weighted by atomic mass is 32.2. The Morgan fingerprint density at radius 2 is 2.23 bits per heavy atom. The lowest BCUT2D eigenvalue weighted by molar-refractivity contribution is 0.0707. The van der Waals surface area contributed by atoms with Gasteiger partial charge >= 0.3 is 0 Å². The van der Waals surface area contributed by atoms with E-state index in [2.05, 4.69) is 14.9 Å². The number of thiophene rings is 1. The van der Waals surface area contributed by atoms with E-state index < -0.39 is 10.0 Å². The fraction of sp³-hybridized carbons (Fsp3) is 0.417. The van der Waals surface area contributed by atoms with Crippen molar-refractivity contribution < 1.29 is 13.2 Å². The van der Waals surface area contributed by atoms with Crippen molar-refractivity contribution in [3.63, 3.8) is 0 Å². The third-order valence-corrected chi connectivity index (χ3v) is 4.73. The molecule has 2 aromatic rings. The Kier molecular flexibility index (Phi) is 3.98. The predicted octanol–water partition coefficient (Wildman–Crippen LogP) is 0.0448. The van der Waals surface area contributed by atoms with Crippen LogP contribution < -0.4 is 4.72 Å². The third-order valence-electron chi connectivity index (χ3n) is 3.38. The summed E-state index contributed by atoms with van der Waals surface area (Å²) in [5, 5.41) is 11.8. The van der Waals surface area contributed by atoms with Crippen molar-refractivity contribution in [3.8, 4) is 0 Å². The summed E-state index contributed by atoms with van der Waals surface area (Å²) in [5.74, 6) is 1.20. The molecule has 0 unspecified atom stereocenters. The zero-order valence-electron chi connectivity index (χ0n) is 11.9. The quantitative estimate of drug-likeness (QED) is 0.847. The summed E-state index contributed by atoms with van der Waals surface area (Å²) in [4.78, 5) is 14.0. The Morgan fingerprint density at radius 3 is 2.91 bits per heavy atom. The van der Waals surface area contributed by atoms with E-state index in [9.17, 15) is 13.2 Å². The number of sulfonamides is 1. The summed E-state index contributed by atoms with van der Waals surface area (Å²) in [6.07, 6.45) is 1.10. The van der Waals surface area contributed by atoms with Crippen LogP contribution in [0, 0.1) is 0 Å². The summed E-state index contributed by atoms with van der Waals surface area (Å²) in [6, 6.07) is 1.80. The Bertz CT molecular complexity index is 782. The number of nitrogens with one attached hydrogen (secondary N) is 1. The van der Waals surface area contributed by atoms with E-state index in [0.717, 1.165) is 6.26 Å². The molecule has 22 heavy (non-hydrogen) atoms. The molecule has 0 radical (unpaired) electrons. The molecule has 0 atom stereocenters. The van der Waals surface area contributed by atoms with Crippen LogP contribution in [0.4, 0.5) is 0 Å². The van der Waals surface area contributed by atoms with E-state index in [-0.39, 0.29) is 12.5 Å². The van der Waals surface area contributed by atoms with Crippen LogP contribution in [0.15, 0.2) is 16.8 Å². The molecule has 8 nitrogen and oxygen atoms in total. The minimum atomic E-state index is -3.28. The van der Waals surface area contributed by atoms with Crippen molar-refractivity contribution in [3.05, 3.63) is 34.0 Å². The second-order valence-corrected chi connectivity index (χ2v) is 7.63. The van der Waals surface area contributed by atoms with Gasteiger partial charge in [-0.15, -0.1) is 10.2 Å². The summed E-state index contributed by atoms with van der Waals surface area (Å²) in [7, 11) is -3.28. The van der Waals surface area contributed by atoms with Crippen LogP contribution in [0.2, 0.25) is 0 Å². The average Bonchev–Trinajstić information content (AvgIpc) is 3.12. The number of carbonyl (C=O) groups is 1. The smallest absolute Gasteiger partial charge is 0.255 e. The van der Waals surface area contributed by atoms with E-state index in [4.69, 9.17) is 0 Å². The van der Waals surface area contributed by atoms with Gasteiger partial charge in [0.05, 0.1) is 24.9 Å². The molecule has 118 valence electrons. The number of amides is 1. The second kappa shape index (κ2) is 5.78. The molecular formula is C12H15N5O3S2. The lowest BCUT2D eigenvalue weighted by Gasteiger charge is -2.27. The summed E-state index contributed by atoms with van der Waals surface area (Å²) in [5.41, 5.74) is 0.678.